The maximum atomic E-state index is 11.2. The van der Waals surface area contributed by atoms with E-state index in [0.29, 0.717) is 32.8 Å². The molecule has 15 heavy (non-hydrogen) atoms. The maximum Gasteiger partial charge on any atom is 0.236 e. The zero-order valence-corrected chi connectivity index (χ0v) is 9.62. The summed E-state index contributed by atoms with van der Waals surface area (Å²) in [6, 6.07) is -0.389. The third-order valence-corrected chi connectivity index (χ3v) is 1.97. The normalized spacial score (nSPS) is 12.5. The van der Waals surface area contributed by atoms with Crippen LogP contribution in [0.2, 0.25) is 0 Å². The van der Waals surface area contributed by atoms with Crippen LogP contribution in [-0.4, -0.2) is 45.4 Å². The molecule has 0 saturated carbocycles. The van der Waals surface area contributed by atoms with Crippen LogP contribution < -0.4 is 11.1 Å². The van der Waals surface area contributed by atoms with E-state index >= 15 is 0 Å². The molecule has 0 spiro atoms. The van der Waals surface area contributed by atoms with Crippen molar-refractivity contribution in [2.24, 2.45) is 5.73 Å². The molecule has 0 aliphatic rings. The number of rotatable bonds is 9. The van der Waals surface area contributed by atoms with Gasteiger partial charge in [-0.2, -0.15) is 0 Å². The van der Waals surface area contributed by atoms with Gasteiger partial charge in [0.25, 0.3) is 0 Å². The third-order valence-electron chi connectivity index (χ3n) is 1.97. The van der Waals surface area contributed by atoms with Gasteiger partial charge in [0.2, 0.25) is 5.91 Å². The van der Waals surface area contributed by atoms with Crippen molar-refractivity contribution in [3.63, 3.8) is 0 Å². The highest BCUT2D eigenvalue weighted by Crippen LogP contribution is 1.86. The van der Waals surface area contributed by atoms with Crippen molar-refractivity contribution < 1.29 is 14.3 Å². The van der Waals surface area contributed by atoms with Crippen LogP contribution in [0.25, 0.3) is 0 Å². The lowest BCUT2D eigenvalue weighted by Gasteiger charge is -2.09. The van der Waals surface area contributed by atoms with Gasteiger partial charge in [0, 0.05) is 20.3 Å². The van der Waals surface area contributed by atoms with Gasteiger partial charge in [-0.15, -0.1) is 0 Å². The minimum atomic E-state index is -0.389. The van der Waals surface area contributed by atoms with Gasteiger partial charge < -0.3 is 20.5 Å². The Hall–Kier alpha value is -0.650. The largest absolute Gasteiger partial charge is 0.382 e. The van der Waals surface area contributed by atoms with E-state index < -0.39 is 0 Å². The van der Waals surface area contributed by atoms with Crippen molar-refractivity contribution in [3.8, 4) is 0 Å². The van der Waals surface area contributed by atoms with Gasteiger partial charge in [-0.25, -0.2) is 0 Å². The van der Waals surface area contributed by atoms with Gasteiger partial charge in [0.05, 0.1) is 19.3 Å². The first-order valence-corrected chi connectivity index (χ1v) is 5.32. The summed E-state index contributed by atoms with van der Waals surface area (Å²) >= 11 is 0. The monoisotopic (exact) mass is 218 g/mol. The molecule has 0 unspecified atom stereocenters. The Bertz CT molecular complexity index is 165. The van der Waals surface area contributed by atoms with Crippen LogP contribution in [0.4, 0.5) is 0 Å². The summed E-state index contributed by atoms with van der Waals surface area (Å²) in [6.45, 7) is 4.33. The Morgan fingerprint density at radius 3 is 2.73 bits per heavy atom. The maximum absolute atomic E-state index is 11.2. The number of carbonyl (C=O) groups excluding carboxylic acids is 1. The molecule has 0 aliphatic carbocycles. The molecule has 0 bridgehead atoms. The molecular formula is C10H22N2O3. The molecule has 0 aromatic rings. The average Bonchev–Trinajstić information content (AvgIpc) is 2.26. The van der Waals surface area contributed by atoms with Gasteiger partial charge in [-0.05, 0) is 12.8 Å². The van der Waals surface area contributed by atoms with Crippen molar-refractivity contribution >= 4 is 5.91 Å². The SMILES string of the molecule is CC[C@H](N)C(=O)NCCCOCCOC. The summed E-state index contributed by atoms with van der Waals surface area (Å²) in [5.41, 5.74) is 5.54. The first-order valence-electron chi connectivity index (χ1n) is 5.32. The molecule has 1 atom stereocenters. The smallest absolute Gasteiger partial charge is 0.236 e. The van der Waals surface area contributed by atoms with E-state index in [4.69, 9.17) is 15.2 Å². The van der Waals surface area contributed by atoms with E-state index in [1.165, 1.54) is 0 Å². The van der Waals surface area contributed by atoms with Gasteiger partial charge in [0.1, 0.15) is 0 Å². The first-order chi connectivity index (χ1) is 7.22. The summed E-state index contributed by atoms with van der Waals surface area (Å²) < 4.78 is 10.1. The average molecular weight is 218 g/mol. The molecule has 0 saturated heterocycles. The van der Waals surface area contributed by atoms with Crippen LogP contribution in [0.1, 0.15) is 19.8 Å². The Labute approximate surface area is 91.3 Å². The number of hydrogen-bond donors (Lipinski definition) is 2. The lowest BCUT2D eigenvalue weighted by Crippen LogP contribution is -2.40. The summed E-state index contributed by atoms with van der Waals surface area (Å²) in [5, 5.41) is 2.75. The number of hydrogen-bond acceptors (Lipinski definition) is 4. The van der Waals surface area contributed by atoms with Gasteiger partial charge in [0.15, 0.2) is 0 Å². The van der Waals surface area contributed by atoms with Gasteiger partial charge in [-0.3, -0.25) is 4.79 Å². The molecule has 0 aromatic heterocycles. The topological polar surface area (TPSA) is 73.6 Å². The fraction of sp³-hybridized carbons (Fsp3) is 0.900. The second kappa shape index (κ2) is 9.89. The van der Waals surface area contributed by atoms with Crippen molar-refractivity contribution in [2.75, 3.05) is 33.5 Å². The Kier molecular flexibility index (Phi) is 9.46. The van der Waals surface area contributed by atoms with Crippen molar-refractivity contribution in [2.45, 2.75) is 25.8 Å². The molecule has 5 nitrogen and oxygen atoms in total. The molecule has 0 aromatic carbocycles. The van der Waals surface area contributed by atoms with Crippen LogP contribution in [-0.2, 0) is 14.3 Å². The lowest BCUT2D eigenvalue weighted by molar-refractivity contribution is -0.122. The fourth-order valence-electron chi connectivity index (χ4n) is 0.947. The van der Waals surface area contributed by atoms with E-state index in [1.807, 2.05) is 6.92 Å². The first kappa shape index (κ1) is 14.3. The van der Waals surface area contributed by atoms with E-state index in [1.54, 1.807) is 7.11 Å². The number of amides is 1. The number of ether oxygens (including phenoxy) is 2. The van der Waals surface area contributed by atoms with Crippen LogP contribution in [0.5, 0.6) is 0 Å². The van der Waals surface area contributed by atoms with Gasteiger partial charge >= 0.3 is 0 Å². The summed E-state index contributed by atoms with van der Waals surface area (Å²) in [5.74, 6) is -0.0885. The van der Waals surface area contributed by atoms with Crippen molar-refractivity contribution in [1.29, 1.82) is 0 Å². The van der Waals surface area contributed by atoms with Crippen molar-refractivity contribution in [3.05, 3.63) is 0 Å². The third kappa shape index (κ3) is 8.35. The molecule has 1 amide bonds. The Morgan fingerprint density at radius 1 is 1.40 bits per heavy atom. The zero-order valence-electron chi connectivity index (χ0n) is 9.62. The van der Waals surface area contributed by atoms with E-state index in [-0.39, 0.29) is 11.9 Å². The van der Waals surface area contributed by atoms with Crippen LogP contribution in [0.15, 0.2) is 0 Å². The zero-order chi connectivity index (χ0) is 11.5. The highest BCUT2D eigenvalue weighted by atomic mass is 16.5. The minimum absolute atomic E-state index is 0.0885. The van der Waals surface area contributed by atoms with Crippen LogP contribution in [0, 0.1) is 0 Å². The Balaban J connectivity index is 3.20. The molecular weight excluding hydrogens is 196 g/mol. The highest BCUT2D eigenvalue weighted by Gasteiger charge is 2.08. The molecule has 5 heteroatoms. The minimum Gasteiger partial charge on any atom is -0.382 e. The molecule has 0 radical (unpaired) electrons. The Morgan fingerprint density at radius 2 is 2.13 bits per heavy atom. The number of nitrogens with one attached hydrogen (secondary N) is 1. The molecule has 0 fully saturated rings. The van der Waals surface area contributed by atoms with E-state index in [9.17, 15) is 4.79 Å². The summed E-state index contributed by atoms with van der Waals surface area (Å²) in [7, 11) is 1.63. The second-order valence-electron chi connectivity index (χ2n) is 3.26. The molecule has 0 heterocycles. The molecule has 3 N–H and O–H groups in total. The lowest BCUT2D eigenvalue weighted by atomic mass is 10.2. The summed E-state index contributed by atoms with van der Waals surface area (Å²) in [6.07, 6.45) is 1.46. The molecule has 0 aliphatic heterocycles. The van der Waals surface area contributed by atoms with Crippen LogP contribution in [0.3, 0.4) is 0 Å². The van der Waals surface area contributed by atoms with Gasteiger partial charge in [-0.1, -0.05) is 6.92 Å². The van der Waals surface area contributed by atoms with E-state index in [0.717, 1.165) is 6.42 Å². The number of carbonyl (C=O) groups is 1. The van der Waals surface area contributed by atoms with E-state index in [2.05, 4.69) is 5.32 Å². The second-order valence-corrected chi connectivity index (χ2v) is 3.26. The standard InChI is InChI=1S/C10H22N2O3/c1-3-9(11)10(13)12-5-4-6-15-8-7-14-2/h9H,3-8,11H2,1-2H3,(H,12,13)/t9-/m0/s1. The number of methoxy groups -OCH3 is 1. The number of nitrogens with two attached hydrogens (primary N) is 1. The quantitative estimate of drug-likeness (QED) is 0.530. The highest BCUT2D eigenvalue weighted by molar-refractivity contribution is 5.81. The van der Waals surface area contributed by atoms with Crippen molar-refractivity contribution in [1.82, 2.24) is 5.32 Å². The predicted octanol–water partition coefficient (Wildman–Crippen LogP) is -0.107. The molecule has 0 rings (SSSR count). The van der Waals surface area contributed by atoms with Crippen LogP contribution >= 0.6 is 0 Å². The molecule has 90 valence electrons. The summed E-state index contributed by atoms with van der Waals surface area (Å²) in [4.78, 5) is 11.2. The predicted molar refractivity (Wildman–Crippen MR) is 58.6 cm³/mol. The fourth-order valence-corrected chi connectivity index (χ4v) is 0.947.